The number of rotatable bonds is 6. The van der Waals surface area contributed by atoms with E-state index in [0.29, 0.717) is 5.82 Å². The predicted octanol–water partition coefficient (Wildman–Crippen LogP) is 23.0. The number of hydrogen-bond acceptors (Lipinski definition) is 5. The summed E-state index contributed by atoms with van der Waals surface area (Å²) in [6, 6.07) is 100. The molecule has 0 unspecified atom stereocenters. The number of aromatic nitrogens is 5. The van der Waals surface area contributed by atoms with E-state index in [-0.39, 0.29) is 0 Å². The van der Waals surface area contributed by atoms with Crippen LogP contribution in [0.5, 0.6) is 0 Å². The van der Waals surface area contributed by atoms with Gasteiger partial charge in [-0.1, -0.05) is 170 Å². The Morgan fingerprint density at radius 2 is 0.648 bits per heavy atom. The molecule has 0 N–H and O–H groups in total. The van der Waals surface area contributed by atoms with Crippen molar-refractivity contribution in [2.75, 3.05) is 0 Å². The molecule has 0 saturated heterocycles. The summed E-state index contributed by atoms with van der Waals surface area (Å²) in [6.45, 7) is 0. The molecule has 7 heterocycles. The molecule has 8 heteroatoms. The van der Waals surface area contributed by atoms with Crippen LogP contribution in [0.1, 0.15) is 0 Å². The second kappa shape index (κ2) is 18.4. The predicted molar refractivity (Wildman–Crippen MR) is 378 cm³/mol. The lowest BCUT2D eigenvalue weighted by Crippen LogP contribution is -1.99. The van der Waals surface area contributed by atoms with Crippen LogP contribution in [0.2, 0.25) is 0 Å². The molecule has 0 radical (unpaired) electrons. The summed E-state index contributed by atoms with van der Waals surface area (Å²) in [6.07, 6.45) is 0. The van der Waals surface area contributed by atoms with E-state index < -0.39 is 0 Å². The molecular weight excluding hydrogens is 1130 g/mol. The van der Waals surface area contributed by atoms with Crippen LogP contribution in [0.15, 0.2) is 273 Å². The Morgan fingerprint density at radius 3 is 1.12 bits per heavy atom. The van der Waals surface area contributed by atoms with E-state index in [0.717, 1.165) is 55.9 Å². The Balaban J connectivity index is 0.743. The molecule has 0 atom stereocenters. The standard InChI is InChI=1S/C80H45N5S3/c1-7-22-64-59(19-1)73-67(41-37-56-53-16-4-10-25-70(53)86-77(56)73)83(64)50-33-28-46(29-34-50)48-32-40-63-62(45-48)76(47-30-35-51(36-31-47)84-65-23-8-2-20-60(65)74-68(84)42-38-57-54-17-5-11-26-71(54)87-78(57)74)82-80(81-63)49-14-13-15-52(44-49)85-66-24-9-3-21-61(66)75-69(85)43-39-58-55-18-6-12-27-72(55)88-79(58)75/h1-45H. The van der Waals surface area contributed by atoms with Gasteiger partial charge in [-0.25, -0.2) is 9.97 Å². The van der Waals surface area contributed by atoms with Crippen LogP contribution in [0.3, 0.4) is 0 Å². The number of thiophene rings is 3. The monoisotopic (exact) mass is 1170 g/mol. The summed E-state index contributed by atoms with van der Waals surface area (Å²) in [5, 5.41) is 16.5. The average Bonchev–Trinajstić information content (AvgIpc) is 1.74. The minimum atomic E-state index is 0.673. The molecule has 0 bridgehead atoms. The van der Waals surface area contributed by atoms with E-state index in [9.17, 15) is 0 Å². The average molecular weight is 1170 g/mol. The fraction of sp³-hybridized carbons (Fsp3) is 0. The van der Waals surface area contributed by atoms with Crippen molar-refractivity contribution in [2.45, 2.75) is 0 Å². The quantitative estimate of drug-likeness (QED) is 0.166. The first-order valence-electron chi connectivity index (χ1n) is 29.8. The summed E-state index contributed by atoms with van der Waals surface area (Å²) in [5.74, 6) is 0.673. The first kappa shape index (κ1) is 48.5. The van der Waals surface area contributed by atoms with E-state index in [1.54, 1.807) is 0 Å². The largest absolute Gasteiger partial charge is 0.309 e. The molecule has 0 saturated carbocycles. The van der Waals surface area contributed by atoms with Crippen LogP contribution >= 0.6 is 34.0 Å². The van der Waals surface area contributed by atoms with Crippen LogP contribution in [0.25, 0.3) is 188 Å². The molecule has 0 aliphatic rings. The normalized spacial score (nSPS) is 12.3. The third-order valence-electron chi connectivity index (χ3n) is 18.5. The van der Waals surface area contributed by atoms with Gasteiger partial charge in [0.2, 0.25) is 0 Å². The van der Waals surface area contributed by atoms with Gasteiger partial charge in [0.1, 0.15) is 0 Å². The van der Waals surface area contributed by atoms with Gasteiger partial charge < -0.3 is 13.7 Å². The van der Waals surface area contributed by atoms with Gasteiger partial charge in [-0.05, 0) is 114 Å². The van der Waals surface area contributed by atoms with Crippen molar-refractivity contribution in [3.8, 4) is 50.8 Å². The van der Waals surface area contributed by atoms with Crippen LogP contribution < -0.4 is 0 Å². The highest BCUT2D eigenvalue weighted by Gasteiger charge is 2.23. The zero-order valence-electron chi connectivity index (χ0n) is 46.9. The van der Waals surface area contributed by atoms with E-state index >= 15 is 0 Å². The molecule has 0 amide bonds. The van der Waals surface area contributed by atoms with Crippen LogP contribution in [0.4, 0.5) is 0 Å². The van der Waals surface area contributed by atoms with Gasteiger partial charge >= 0.3 is 0 Å². The van der Waals surface area contributed by atoms with Crippen LogP contribution in [-0.4, -0.2) is 23.7 Å². The molecule has 88 heavy (non-hydrogen) atoms. The van der Waals surface area contributed by atoms with Gasteiger partial charge in [0.25, 0.3) is 0 Å². The first-order valence-corrected chi connectivity index (χ1v) is 32.2. The van der Waals surface area contributed by atoms with Crippen molar-refractivity contribution in [3.63, 3.8) is 0 Å². The van der Waals surface area contributed by atoms with Gasteiger partial charge in [-0.2, -0.15) is 0 Å². The summed E-state index contributed by atoms with van der Waals surface area (Å²) in [5.41, 5.74) is 16.4. The van der Waals surface area contributed by atoms with Gasteiger partial charge in [0.15, 0.2) is 5.82 Å². The number of fused-ring (bicyclic) bond motifs is 22. The van der Waals surface area contributed by atoms with Crippen molar-refractivity contribution >= 4 is 171 Å². The maximum atomic E-state index is 5.65. The third kappa shape index (κ3) is 6.90. The molecule has 0 aliphatic carbocycles. The zero-order chi connectivity index (χ0) is 57.3. The van der Waals surface area contributed by atoms with Gasteiger partial charge in [0, 0.05) is 126 Å². The molecule has 5 nitrogen and oxygen atoms in total. The van der Waals surface area contributed by atoms with Gasteiger partial charge in [-0.15, -0.1) is 34.0 Å². The fourth-order valence-corrected chi connectivity index (χ4v) is 18.3. The molecule has 20 aromatic rings. The lowest BCUT2D eigenvalue weighted by atomic mass is 9.99. The molecular formula is C80H45N5S3. The number of benzene rings is 13. The van der Waals surface area contributed by atoms with Crippen molar-refractivity contribution < 1.29 is 0 Å². The summed E-state index contributed by atoms with van der Waals surface area (Å²) < 4.78 is 15.2. The molecule has 0 spiro atoms. The Morgan fingerprint density at radius 1 is 0.239 bits per heavy atom. The Bertz CT molecular complexity index is 6370. The second-order valence-corrected chi connectivity index (χ2v) is 26.3. The molecule has 0 fully saturated rings. The lowest BCUT2D eigenvalue weighted by Gasteiger charge is -2.14. The van der Waals surface area contributed by atoms with E-state index in [1.807, 2.05) is 34.0 Å². The molecule has 20 rings (SSSR count). The fourth-order valence-electron chi connectivity index (χ4n) is 14.6. The Kier molecular flexibility index (Phi) is 10.1. The number of nitrogens with zero attached hydrogens (tertiary/aromatic N) is 5. The van der Waals surface area contributed by atoms with Gasteiger partial charge in [0.05, 0.1) is 44.3 Å². The summed E-state index contributed by atoms with van der Waals surface area (Å²) in [4.78, 5) is 11.1. The maximum absolute atomic E-state index is 5.65. The highest BCUT2D eigenvalue weighted by atomic mass is 32.1. The Hall–Kier alpha value is -10.7. The topological polar surface area (TPSA) is 40.6 Å². The maximum Gasteiger partial charge on any atom is 0.160 e. The summed E-state index contributed by atoms with van der Waals surface area (Å²) in [7, 11) is 0. The van der Waals surface area contributed by atoms with Crippen molar-refractivity contribution in [2.24, 2.45) is 0 Å². The second-order valence-electron chi connectivity index (χ2n) is 23.1. The van der Waals surface area contributed by atoms with E-state index in [2.05, 4.69) is 287 Å². The minimum Gasteiger partial charge on any atom is -0.309 e. The molecule has 408 valence electrons. The number of hydrogen-bond donors (Lipinski definition) is 0. The molecule has 13 aromatic carbocycles. The molecule has 0 aliphatic heterocycles. The zero-order valence-corrected chi connectivity index (χ0v) is 49.4. The van der Waals surface area contributed by atoms with Gasteiger partial charge in [-0.3, -0.25) is 0 Å². The number of para-hydroxylation sites is 3. The van der Waals surface area contributed by atoms with Crippen molar-refractivity contribution in [3.05, 3.63) is 273 Å². The smallest absolute Gasteiger partial charge is 0.160 e. The lowest BCUT2D eigenvalue weighted by molar-refractivity contribution is 1.17. The SMILES string of the molecule is c1cc(-c2nc(-c3ccc(-n4c5ccccc5c5c6sc7ccccc7c6ccc54)cc3)c3cc(-c4ccc(-n5c6ccccc6c6c7sc8ccccc8c7ccc65)cc4)ccc3n2)cc(-n2c3ccccc3c3c4sc5ccccc5c4ccc32)c1. The first-order chi connectivity index (χ1) is 43.6. The van der Waals surface area contributed by atoms with Crippen LogP contribution in [0, 0.1) is 0 Å². The van der Waals surface area contributed by atoms with Crippen LogP contribution in [-0.2, 0) is 0 Å². The highest BCUT2D eigenvalue weighted by Crippen LogP contribution is 2.48. The van der Waals surface area contributed by atoms with E-state index in [4.69, 9.17) is 9.97 Å². The minimum absolute atomic E-state index is 0.673. The molecule has 7 aromatic heterocycles. The van der Waals surface area contributed by atoms with Crippen molar-refractivity contribution in [1.29, 1.82) is 0 Å². The highest BCUT2D eigenvalue weighted by molar-refractivity contribution is 7.27. The van der Waals surface area contributed by atoms with E-state index in [1.165, 1.54) is 126 Å². The third-order valence-corrected chi connectivity index (χ3v) is 22.1. The Labute approximate surface area is 514 Å². The van der Waals surface area contributed by atoms with Crippen molar-refractivity contribution in [1.82, 2.24) is 23.7 Å². The summed E-state index contributed by atoms with van der Waals surface area (Å²) >= 11 is 5.66.